The van der Waals surface area contributed by atoms with E-state index in [0.717, 1.165) is 12.1 Å². The van der Waals surface area contributed by atoms with Crippen molar-refractivity contribution in [2.45, 2.75) is 32.2 Å². The molecule has 0 saturated heterocycles. The van der Waals surface area contributed by atoms with Crippen molar-refractivity contribution in [3.63, 3.8) is 0 Å². The van der Waals surface area contributed by atoms with E-state index in [4.69, 9.17) is 6.42 Å². The Labute approximate surface area is 105 Å². The molecule has 0 aliphatic carbocycles. The Morgan fingerprint density at radius 1 is 1.28 bits per heavy atom. The largest absolute Gasteiger partial charge is 0.336 e. The molecule has 18 heavy (non-hydrogen) atoms. The number of carbonyl (C=O) groups is 1. The summed E-state index contributed by atoms with van der Waals surface area (Å²) in [5.41, 5.74) is -0.853. The van der Waals surface area contributed by atoms with Gasteiger partial charge in [-0.25, -0.2) is 8.78 Å². The zero-order valence-corrected chi connectivity index (χ0v) is 10.4. The van der Waals surface area contributed by atoms with Crippen LogP contribution < -0.4 is 5.32 Å². The highest BCUT2D eigenvalue weighted by atomic mass is 19.1. The summed E-state index contributed by atoms with van der Waals surface area (Å²) in [6.07, 6.45) is 6.49. The summed E-state index contributed by atoms with van der Waals surface area (Å²) in [5.74, 6) is 0.367. The molecule has 0 radical (unpaired) electrons. The normalized spacial score (nSPS) is 10.8. The second-order valence-electron chi connectivity index (χ2n) is 4.05. The van der Waals surface area contributed by atoms with Crippen LogP contribution in [-0.2, 0) is 0 Å². The minimum Gasteiger partial charge on any atom is -0.336 e. The van der Waals surface area contributed by atoms with Crippen LogP contribution in [-0.4, -0.2) is 11.4 Å². The first-order valence-corrected chi connectivity index (χ1v) is 5.72. The molecule has 0 unspecified atom stereocenters. The summed E-state index contributed by atoms with van der Waals surface area (Å²) in [5, 5.41) is 2.64. The molecule has 1 aromatic carbocycles. The molecule has 4 heteroatoms. The van der Waals surface area contributed by atoms with Crippen LogP contribution in [0.25, 0.3) is 0 Å². The number of rotatable bonds is 4. The van der Waals surface area contributed by atoms with E-state index in [1.54, 1.807) is 0 Å². The molecular weight excluding hydrogens is 236 g/mol. The minimum absolute atomic E-state index is 0.0750. The van der Waals surface area contributed by atoms with Gasteiger partial charge in [0.15, 0.2) is 0 Å². The highest BCUT2D eigenvalue weighted by Crippen LogP contribution is 2.16. The number of halogens is 2. The maximum Gasteiger partial charge on any atom is 0.252 e. The predicted molar refractivity (Wildman–Crippen MR) is 66.0 cm³/mol. The topological polar surface area (TPSA) is 29.1 Å². The fraction of sp³-hybridized carbons (Fsp3) is 0.357. The highest BCUT2D eigenvalue weighted by Gasteiger charge is 2.26. The van der Waals surface area contributed by atoms with Crippen LogP contribution in [0.2, 0.25) is 0 Å². The monoisotopic (exact) mass is 251 g/mol. The van der Waals surface area contributed by atoms with Crippen LogP contribution in [0, 0.1) is 24.0 Å². The van der Waals surface area contributed by atoms with E-state index in [9.17, 15) is 13.6 Å². The van der Waals surface area contributed by atoms with Gasteiger partial charge in [-0.15, -0.1) is 6.42 Å². The number of carbonyl (C=O) groups excluding carboxylic acids is 1. The smallest absolute Gasteiger partial charge is 0.252 e. The van der Waals surface area contributed by atoms with Gasteiger partial charge in [0.1, 0.15) is 17.2 Å². The van der Waals surface area contributed by atoms with E-state index in [1.807, 2.05) is 13.8 Å². The Kier molecular flexibility index (Phi) is 4.43. The molecule has 96 valence electrons. The Hall–Kier alpha value is -1.89. The van der Waals surface area contributed by atoms with E-state index >= 15 is 0 Å². The zero-order chi connectivity index (χ0) is 13.8. The summed E-state index contributed by atoms with van der Waals surface area (Å²) in [6, 6.07) is 2.67. The van der Waals surface area contributed by atoms with Crippen molar-refractivity contribution in [2.24, 2.45) is 0 Å². The Balaban J connectivity index is 2.98. The second-order valence-corrected chi connectivity index (χ2v) is 4.05. The van der Waals surface area contributed by atoms with Gasteiger partial charge in [0.25, 0.3) is 5.91 Å². The van der Waals surface area contributed by atoms with Crippen molar-refractivity contribution in [2.75, 3.05) is 0 Å². The molecule has 0 saturated carbocycles. The van der Waals surface area contributed by atoms with Gasteiger partial charge in [-0.05, 0) is 25.0 Å². The zero-order valence-electron chi connectivity index (χ0n) is 10.4. The first-order valence-electron chi connectivity index (χ1n) is 5.72. The SMILES string of the molecule is C#CC(CC)(CC)NC(=O)c1cc(F)cc(F)c1. The number of terminal acetylenes is 1. The average molecular weight is 251 g/mol. The third kappa shape index (κ3) is 3.07. The Morgan fingerprint density at radius 2 is 1.78 bits per heavy atom. The molecule has 0 heterocycles. The standard InChI is InChI=1S/C14H15F2NO/c1-4-14(5-2,6-3)17-13(18)10-7-11(15)9-12(16)8-10/h1,7-9H,5-6H2,2-3H3,(H,17,18). The quantitative estimate of drug-likeness (QED) is 0.819. The maximum atomic E-state index is 13.0. The lowest BCUT2D eigenvalue weighted by molar-refractivity contribution is 0.0915. The first kappa shape index (κ1) is 14.2. The third-order valence-corrected chi connectivity index (χ3v) is 2.96. The fourth-order valence-electron chi connectivity index (χ4n) is 1.64. The Bertz CT molecular complexity index is 467. The summed E-state index contributed by atoms with van der Waals surface area (Å²) in [4.78, 5) is 11.9. The molecule has 0 bridgehead atoms. The second kappa shape index (κ2) is 5.63. The number of hydrogen-bond acceptors (Lipinski definition) is 1. The minimum atomic E-state index is -0.792. The van der Waals surface area contributed by atoms with Crippen molar-refractivity contribution in [1.82, 2.24) is 5.32 Å². The summed E-state index contributed by atoms with van der Waals surface area (Å²) in [6.45, 7) is 3.69. The van der Waals surface area contributed by atoms with Crippen LogP contribution in [0.3, 0.4) is 0 Å². The van der Waals surface area contributed by atoms with Gasteiger partial charge in [0, 0.05) is 11.6 Å². The van der Waals surface area contributed by atoms with E-state index < -0.39 is 23.1 Å². The molecule has 1 aromatic rings. The molecule has 1 rings (SSSR count). The lowest BCUT2D eigenvalue weighted by atomic mass is 9.93. The number of hydrogen-bond donors (Lipinski definition) is 1. The maximum absolute atomic E-state index is 13.0. The molecular formula is C14H15F2NO. The van der Waals surface area contributed by atoms with Gasteiger partial charge < -0.3 is 5.32 Å². The van der Waals surface area contributed by atoms with Gasteiger partial charge in [-0.2, -0.15) is 0 Å². The van der Waals surface area contributed by atoms with Crippen LogP contribution in [0.1, 0.15) is 37.0 Å². The summed E-state index contributed by atoms with van der Waals surface area (Å²) < 4.78 is 26.0. The van der Waals surface area contributed by atoms with Crippen LogP contribution in [0.4, 0.5) is 8.78 Å². The van der Waals surface area contributed by atoms with E-state index in [0.29, 0.717) is 18.9 Å². The van der Waals surface area contributed by atoms with Gasteiger partial charge >= 0.3 is 0 Å². The average Bonchev–Trinajstić information content (AvgIpc) is 2.35. The molecule has 0 spiro atoms. The summed E-state index contributed by atoms with van der Waals surface area (Å²) in [7, 11) is 0. The van der Waals surface area contributed by atoms with Crippen molar-refractivity contribution in [3.05, 3.63) is 35.4 Å². The molecule has 0 atom stereocenters. The van der Waals surface area contributed by atoms with E-state index in [2.05, 4.69) is 11.2 Å². The van der Waals surface area contributed by atoms with E-state index in [1.165, 1.54) is 0 Å². The molecule has 0 fully saturated rings. The van der Waals surface area contributed by atoms with Crippen molar-refractivity contribution in [1.29, 1.82) is 0 Å². The predicted octanol–water partition coefficient (Wildman–Crippen LogP) is 2.89. The molecule has 0 aliphatic heterocycles. The first-order chi connectivity index (χ1) is 8.46. The van der Waals surface area contributed by atoms with Crippen molar-refractivity contribution < 1.29 is 13.6 Å². The number of benzene rings is 1. The number of amides is 1. The Morgan fingerprint density at radius 3 is 2.17 bits per heavy atom. The van der Waals surface area contributed by atoms with Crippen LogP contribution in [0.15, 0.2) is 18.2 Å². The van der Waals surface area contributed by atoms with Crippen molar-refractivity contribution >= 4 is 5.91 Å². The van der Waals surface area contributed by atoms with Gasteiger partial charge in [0.2, 0.25) is 0 Å². The lowest BCUT2D eigenvalue weighted by Crippen LogP contribution is -2.46. The molecule has 0 aromatic heterocycles. The molecule has 1 N–H and O–H groups in total. The van der Waals surface area contributed by atoms with Crippen LogP contribution >= 0.6 is 0 Å². The fourth-order valence-corrected chi connectivity index (χ4v) is 1.64. The highest BCUT2D eigenvalue weighted by molar-refractivity contribution is 5.95. The third-order valence-electron chi connectivity index (χ3n) is 2.96. The van der Waals surface area contributed by atoms with Gasteiger partial charge in [0.05, 0.1) is 0 Å². The molecule has 0 aliphatic rings. The van der Waals surface area contributed by atoms with Gasteiger partial charge in [-0.3, -0.25) is 4.79 Å². The van der Waals surface area contributed by atoms with E-state index in [-0.39, 0.29) is 5.56 Å². The van der Waals surface area contributed by atoms with Crippen molar-refractivity contribution in [3.8, 4) is 12.3 Å². The summed E-state index contributed by atoms with van der Waals surface area (Å²) >= 11 is 0. The lowest BCUT2D eigenvalue weighted by Gasteiger charge is -2.27. The molecule has 1 amide bonds. The van der Waals surface area contributed by atoms with Crippen LogP contribution in [0.5, 0.6) is 0 Å². The number of nitrogens with one attached hydrogen (secondary N) is 1. The molecule has 2 nitrogen and oxygen atoms in total. The van der Waals surface area contributed by atoms with Gasteiger partial charge in [-0.1, -0.05) is 19.8 Å².